The normalized spacial score (nSPS) is 11.3. The van der Waals surface area contributed by atoms with Crippen LogP contribution in [0.3, 0.4) is 0 Å². The van der Waals surface area contributed by atoms with E-state index in [2.05, 4.69) is 0 Å². The van der Waals surface area contributed by atoms with Crippen LogP contribution in [0, 0.1) is 0 Å². The van der Waals surface area contributed by atoms with E-state index in [0.717, 1.165) is 17.7 Å². The summed E-state index contributed by atoms with van der Waals surface area (Å²) >= 11 is 0. The molecule has 3 heteroatoms. The molecule has 0 saturated heterocycles. The number of aliphatic hydroxyl groups is 1. The number of nitrogens with two attached hydrogens (primary N) is 2. The van der Waals surface area contributed by atoms with Gasteiger partial charge >= 0.3 is 0 Å². The molecule has 1 unspecified atom stereocenters. The van der Waals surface area contributed by atoms with Crippen LogP contribution in [0.15, 0.2) is 54.6 Å². The summed E-state index contributed by atoms with van der Waals surface area (Å²) in [5.41, 5.74) is 13.9. The highest BCUT2D eigenvalue weighted by molar-refractivity contribution is 5.39. The van der Waals surface area contributed by atoms with Gasteiger partial charge < -0.3 is 16.6 Å². The fourth-order valence-electron chi connectivity index (χ4n) is 1.58. The number of rotatable bonds is 3. The Morgan fingerprint density at radius 2 is 1.58 bits per heavy atom. The summed E-state index contributed by atoms with van der Waals surface area (Å²) in [5.74, 6) is 0. The third-order valence-electron chi connectivity index (χ3n) is 2.69. The Hall–Kier alpha value is -1.84. The first kappa shape index (κ1) is 15.2. The van der Waals surface area contributed by atoms with Crippen molar-refractivity contribution in [1.29, 1.82) is 0 Å². The molecule has 0 aliphatic heterocycles. The number of hydrogen-bond donors (Lipinski definition) is 3. The minimum absolute atomic E-state index is 0.341. The SMILES string of the molecule is CC(O)c1ccccc1.NCCc1ccc(N)cc1. The number of hydrogen-bond acceptors (Lipinski definition) is 3. The van der Waals surface area contributed by atoms with E-state index in [4.69, 9.17) is 16.6 Å². The maximum atomic E-state index is 9.02. The highest BCUT2D eigenvalue weighted by atomic mass is 16.3. The van der Waals surface area contributed by atoms with E-state index in [9.17, 15) is 0 Å². The van der Waals surface area contributed by atoms with Crippen LogP contribution in [0.25, 0.3) is 0 Å². The lowest BCUT2D eigenvalue weighted by molar-refractivity contribution is 0.199. The first-order chi connectivity index (χ1) is 9.13. The Labute approximate surface area is 114 Å². The largest absolute Gasteiger partial charge is 0.399 e. The number of aliphatic hydroxyl groups excluding tert-OH is 1. The maximum Gasteiger partial charge on any atom is 0.0761 e. The van der Waals surface area contributed by atoms with Crippen molar-refractivity contribution in [3.05, 3.63) is 65.7 Å². The molecule has 2 rings (SSSR count). The molecule has 19 heavy (non-hydrogen) atoms. The highest BCUT2D eigenvalue weighted by Crippen LogP contribution is 2.09. The Kier molecular flexibility index (Phi) is 6.64. The average Bonchev–Trinajstić information content (AvgIpc) is 2.43. The van der Waals surface area contributed by atoms with E-state index in [1.807, 2.05) is 54.6 Å². The summed E-state index contributed by atoms with van der Waals surface area (Å²) in [4.78, 5) is 0. The van der Waals surface area contributed by atoms with Gasteiger partial charge in [0.2, 0.25) is 0 Å². The lowest BCUT2D eigenvalue weighted by Gasteiger charge is -2.00. The van der Waals surface area contributed by atoms with Crippen molar-refractivity contribution in [2.45, 2.75) is 19.4 Å². The summed E-state index contributed by atoms with van der Waals surface area (Å²) in [6, 6.07) is 17.4. The highest BCUT2D eigenvalue weighted by Gasteiger charge is 1.95. The number of nitrogen functional groups attached to an aromatic ring is 1. The van der Waals surface area contributed by atoms with Gasteiger partial charge in [0.05, 0.1) is 6.10 Å². The predicted octanol–water partition coefficient (Wildman–Crippen LogP) is 2.51. The van der Waals surface area contributed by atoms with Crippen LogP contribution < -0.4 is 11.5 Å². The van der Waals surface area contributed by atoms with Gasteiger partial charge in [-0.1, -0.05) is 42.5 Å². The Morgan fingerprint density at radius 1 is 1.00 bits per heavy atom. The van der Waals surface area contributed by atoms with Crippen molar-refractivity contribution in [2.75, 3.05) is 12.3 Å². The van der Waals surface area contributed by atoms with Gasteiger partial charge in [0.1, 0.15) is 0 Å². The van der Waals surface area contributed by atoms with Crippen LogP contribution in [0.2, 0.25) is 0 Å². The van der Waals surface area contributed by atoms with Crippen LogP contribution in [0.4, 0.5) is 5.69 Å². The molecule has 0 radical (unpaired) electrons. The zero-order valence-electron chi connectivity index (χ0n) is 11.3. The van der Waals surface area contributed by atoms with E-state index < -0.39 is 0 Å². The molecule has 2 aromatic carbocycles. The molecule has 0 bridgehead atoms. The standard InChI is InChI=1S/C8H12N2.C8H10O/c9-6-5-7-1-3-8(10)4-2-7;1-7(9)8-5-3-2-4-6-8/h1-4H,5-6,9-10H2;2-7,9H,1H3. The Morgan fingerprint density at radius 3 is 2.00 bits per heavy atom. The molecule has 0 heterocycles. The first-order valence-electron chi connectivity index (χ1n) is 6.41. The van der Waals surface area contributed by atoms with E-state index in [-0.39, 0.29) is 6.10 Å². The average molecular weight is 258 g/mol. The van der Waals surface area contributed by atoms with Crippen molar-refractivity contribution in [3.8, 4) is 0 Å². The van der Waals surface area contributed by atoms with Crippen molar-refractivity contribution >= 4 is 5.69 Å². The predicted molar refractivity (Wildman–Crippen MR) is 80.7 cm³/mol. The molecule has 0 amide bonds. The van der Waals surface area contributed by atoms with E-state index >= 15 is 0 Å². The molecule has 0 aromatic heterocycles. The first-order valence-corrected chi connectivity index (χ1v) is 6.41. The second kappa shape index (κ2) is 8.29. The minimum atomic E-state index is -0.341. The Balaban J connectivity index is 0.000000191. The smallest absolute Gasteiger partial charge is 0.0761 e. The van der Waals surface area contributed by atoms with Gasteiger partial charge in [0.15, 0.2) is 0 Å². The fraction of sp³-hybridized carbons (Fsp3) is 0.250. The van der Waals surface area contributed by atoms with Gasteiger partial charge in [-0.05, 0) is 43.1 Å². The lowest BCUT2D eigenvalue weighted by Crippen LogP contribution is -2.02. The van der Waals surface area contributed by atoms with Gasteiger partial charge in [-0.15, -0.1) is 0 Å². The van der Waals surface area contributed by atoms with Gasteiger partial charge in [-0.3, -0.25) is 0 Å². The van der Waals surface area contributed by atoms with Crippen LogP contribution in [-0.2, 0) is 6.42 Å². The minimum Gasteiger partial charge on any atom is -0.399 e. The fourth-order valence-corrected chi connectivity index (χ4v) is 1.58. The summed E-state index contributed by atoms with van der Waals surface area (Å²) in [7, 11) is 0. The summed E-state index contributed by atoms with van der Waals surface area (Å²) in [5, 5.41) is 9.02. The molecular weight excluding hydrogens is 236 g/mol. The van der Waals surface area contributed by atoms with E-state index in [1.165, 1.54) is 5.56 Å². The van der Waals surface area contributed by atoms with Gasteiger partial charge in [0, 0.05) is 5.69 Å². The van der Waals surface area contributed by atoms with Gasteiger partial charge in [-0.25, -0.2) is 0 Å². The molecule has 0 spiro atoms. The van der Waals surface area contributed by atoms with Crippen LogP contribution in [0.5, 0.6) is 0 Å². The Bertz CT molecular complexity index is 452. The van der Waals surface area contributed by atoms with Crippen molar-refractivity contribution in [3.63, 3.8) is 0 Å². The third-order valence-corrected chi connectivity index (χ3v) is 2.69. The second-order valence-electron chi connectivity index (χ2n) is 4.37. The molecule has 0 aliphatic carbocycles. The van der Waals surface area contributed by atoms with Crippen molar-refractivity contribution < 1.29 is 5.11 Å². The van der Waals surface area contributed by atoms with Crippen molar-refractivity contribution in [1.82, 2.24) is 0 Å². The zero-order valence-corrected chi connectivity index (χ0v) is 11.3. The lowest BCUT2D eigenvalue weighted by atomic mass is 10.1. The van der Waals surface area contributed by atoms with Gasteiger partial charge in [-0.2, -0.15) is 0 Å². The summed E-state index contributed by atoms with van der Waals surface area (Å²) in [6.45, 7) is 2.46. The van der Waals surface area contributed by atoms with Crippen LogP contribution in [-0.4, -0.2) is 11.7 Å². The second-order valence-corrected chi connectivity index (χ2v) is 4.37. The molecule has 102 valence electrons. The van der Waals surface area contributed by atoms with Crippen LogP contribution >= 0.6 is 0 Å². The number of anilines is 1. The third kappa shape index (κ3) is 6.04. The van der Waals surface area contributed by atoms with E-state index in [1.54, 1.807) is 6.92 Å². The summed E-state index contributed by atoms with van der Waals surface area (Å²) in [6.07, 6.45) is 0.589. The molecule has 0 fully saturated rings. The summed E-state index contributed by atoms with van der Waals surface area (Å²) < 4.78 is 0. The van der Waals surface area contributed by atoms with Crippen molar-refractivity contribution in [2.24, 2.45) is 5.73 Å². The number of benzene rings is 2. The molecule has 1 atom stereocenters. The molecule has 2 aromatic rings. The molecule has 0 saturated carbocycles. The maximum absolute atomic E-state index is 9.02. The molecule has 5 N–H and O–H groups in total. The van der Waals surface area contributed by atoms with Gasteiger partial charge in [0.25, 0.3) is 0 Å². The quantitative estimate of drug-likeness (QED) is 0.741. The molecule has 3 nitrogen and oxygen atoms in total. The molecular formula is C16H22N2O. The monoisotopic (exact) mass is 258 g/mol. The molecule has 0 aliphatic rings. The topological polar surface area (TPSA) is 72.3 Å². The zero-order chi connectivity index (χ0) is 14.1. The van der Waals surface area contributed by atoms with E-state index in [0.29, 0.717) is 6.54 Å². The van der Waals surface area contributed by atoms with Crippen LogP contribution in [0.1, 0.15) is 24.2 Å².